The van der Waals surface area contributed by atoms with Crippen molar-refractivity contribution in [2.45, 2.75) is 25.5 Å². The van der Waals surface area contributed by atoms with Crippen LogP contribution in [0.3, 0.4) is 0 Å². The topological polar surface area (TPSA) is 38.3 Å². The van der Waals surface area contributed by atoms with Gasteiger partial charge in [-0.2, -0.15) is 0 Å². The van der Waals surface area contributed by atoms with Crippen LogP contribution in [-0.2, 0) is 16.0 Å². The second kappa shape index (κ2) is 7.60. The summed E-state index contributed by atoms with van der Waals surface area (Å²) in [6.45, 7) is 2.00. The third-order valence-corrected chi connectivity index (χ3v) is 3.35. The van der Waals surface area contributed by atoms with Crippen molar-refractivity contribution >= 4 is 5.91 Å². The number of hydrogen-bond donors (Lipinski definition) is 1. The normalized spacial score (nSPS) is 13.4. The molecule has 110 valence electrons. The van der Waals surface area contributed by atoms with Crippen LogP contribution in [0.25, 0.3) is 0 Å². The standard InChI is InChI=1S/C18H21NO2/c1-14(13-15-9-5-3-6-10-15)19-18(20)17(21-2)16-11-7-4-8-12-16/h3-12,14,17H,13H2,1-2H3,(H,19,20). The summed E-state index contributed by atoms with van der Waals surface area (Å²) in [5.74, 6) is -0.105. The number of hydrogen-bond acceptors (Lipinski definition) is 2. The maximum atomic E-state index is 12.3. The third-order valence-electron chi connectivity index (χ3n) is 3.35. The van der Waals surface area contributed by atoms with Gasteiger partial charge in [0.2, 0.25) is 0 Å². The summed E-state index contributed by atoms with van der Waals surface area (Å²) < 4.78 is 5.34. The molecule has 0 aliphatic rings. The first-order valence-corrected chi connectivity index (χ1v) is 7.12. The summed E-state index contributed by atoms with van der Waals surface area (Å²) in [5.41, 5.74) is 2.07. The van der Waals surface area contributed by atoms with Crippen molar-refractivity contribution in [3.63, 3.8) is 0 Å². The molecule has 3 heteroatoms. The Hall–Kier alpha value is -2.13. The van der Waals surface area contributed by atoms with E-state index in [-0.39, 0.29) is 11.9 Å². The zero-order valence-electron chi connectivity index (χ0n) is 12.5. The molecule has 2 aromatic carbocycles. The molecule has 0 saturated heterocycles. The summed E-state index contributed by atoms with van der Waals surface area (Å²) in [4.78, 5) is 12.3. The van der Waals surface area contributed by atoms with E-state index in [1.165, 1.54) is 5.56 Å². The summed E-state index contributed by atoms with van der Waals surface area (Å²) in [5, 5.41) is 3.01. The van der Waals surface area contributed by atoms with E-state index in [9.17, 15) is 4.79 Å². The summed E-state index contributed by atoms with van der Waals surface area (Å²) >= 11 is 0. The zero-order valence-corrected chi connectivity index (χ0v) is 12.5. The monoisotopic (exact) mass is 283 g/mol. The van der Waals surface area contributed by atoms with Crippen LogP contribution in [0.2, 0.25) is 0 Å². The van der Waals surface area contributed by atoms with Crippen LogP contribution < -0.4 is 5.32 Å². The third kappa shape index (κ3) is 4.43. The molecule has 2 aromatic rings. The smallest absolute Gasteiger partial charge is 0.253 e. The average Bonchev–Trinajstić information content (AvgIpc) is 2.50. The van der Waals surface area contributed by atoms with E-state index >= 15 is 0 Å². The van der Waals surface area contributed by atoms with Crippen molar-refractivity contribution < 1.29 is 9.53 Å². The number of ether oxygens (including phenoxy) is 1. The van der Waals surface area contributed by atoms with Gasteiger partial charge in [0.1, 0.15) is 0 Å². The minimum absolute atomic E-state index is 0.0567. The number of carbonyl (C=O) groups excluding carboxylic acids is 1. The van der Waals surface area contributed by atoms with Gasteiger partial charge in [-0.3, -0.25) is 4.79 Å². The minimum Gasteiger partial charge on any atom is -0.367 e. The number of carbonyl (C=O) groups is 1. The summed E-state index contributed by atoms with van der Waals surface area (Å²) in [7, 11) is 1.55. The molecule has 0 spiro atoms. The van der Waals surface area contributed by atoms with Gasteiger partial charge in [0.15, 0.2) is 6.10 Å². The fraction of sp³-hybridized carbons (Fsp3) is 0.278. The maximum absolute atomic E-state index is 12.3. The molecule has 21 heavy (non-hydrogen) atoms. The first kappa shape index (κ1) is 15.3. The van der Waals surface area contributed by atoms with Gasteiger partial charge in [0.25, 0.3) is 5.91 Å². The SMILES string of the molecule is COC(C(=O)NC(C)Cc1ccccc1)c1ccccc1. The first-order valence-electron chi connectivity index (χ1n) is 7.12. The Labute approximate surface area is 126 Å². The van der Waals surface area contributed by atoms with Crippen molar-refractivity contribution in [2.75, 3.05) is 7.11 Å². The molecule has 0 aliphatic carbocycles. The Morgan fingerprint density at radius 2 is 1.62 bits per heavy atom. The van der Waals surface area contributed by atoms with Crippen molar-refractivity contribution in [3.05, 3.63) is 71.8 Å². The van der Waals surface area contributed by atoms with Gasteiger partial charge in [-0.1, -0.05) is 60.7 Å². The number of benzene rings is 2. The lowest BCUT2D eigenvalue weighted by molar-refractivity contribution is -0.132. The molecule has 0 radical (unpaired) electrons. The van der Waals surface area contributed by atoms with E-state index in [1.54, 1.807) is 7.11 Å². The van der Waals surface area contributed by atoms with Gasteiger partial charge < -0.3 is 10.1 Å². The molecule has 0 fully saturated rings. The molecule has 2 unspecified atom stereocenters. The van der Waals surface area contributed by atoms with Crippen molar-refractivity contribution in [3.8, 4) is 0 Å². The van der Waals surface area contributed by atoms with Gasteiger partial charge in [-0.25, -0.2) is 0 Å². The predicted octanol–water partition coefficient (Wildman–Crippen LogP) is 3.12. The highest BCUT2D eigenvalue weighted by Gasteiger charge is 2.21. The molecule has 0 aliphatic heterocycles. The Morgan fingerprint density at radius 1 is 1.05 bits per heavy atom. The number of amides is 1. The predicted molar refractivity (Wildman–Crippen MR) is 83.9 cm³/mol. The molecular weight excluding hydrogens is 262 g/mol. The lowest BCUT2D eigenvalue weighted by Crippen LogP contribution is -2.38. The fourth-order valence-corrected chi connectivity index (χ4v) is 2.36. The highest BCUT2D eigenvalue weighted by Crippen LogP contribution is 2.16. The second-order valence-electron chi connectivity index (χ2n) is 5.13. The molecule has 2 atom stereocenters. The average molecular weight is 283 g/mol. The van der Waals surface area contributed by atoms with E-state index < -0.39 is 6.10 Å². The lowest BCUT2D eigenvalue weighted by Gasteiger charge is -2.19. The Bertz CT molecular complexity index is 554. The molecule has 0 heterocycles. The van der Waals surface area contributed by atoms with Crippen LogP contribution in [-0.4, -0.2) is 19.1 Å². The second-order valence-corrected chi connectivity index (χ2v) is 5.13. The van der Waals surface area contributed by atoms with E-state index in [0.717, 1.165) is 12.0 Å². The molecule has 1 N–H and O–H groups in total. The van der Waals surface area contributed by atoms with E-state index in [0.29, 0.717) is 0 Å². The van der Waals surface area contributed by atoms with Crippen LogP contribution in [0.1, 0.15) is 24.2 Å². The van der Waals surface area contributed by atoms with Crippen LogP contribution in [0.5, 0.6) is 0 Å². The van der Waals surface area contributed by atoms with Crippen LogP contribution in [0.4, 0.5) is 0 Å². The first-order chi connectivity index (χ1) is 10.2. The van der Waals surface area contributed by atoms with Gasteiger partial charge in [0, 0.05) is 13.2 Å². The number of nitrogens with one attached hydrogen (secondary N) is 1. The van der Waals surface area contributed by atoms with Crippen LogP contribution in [0, 0.1) is 0 Å². The van der Waals surface area contributed by atoms with Gasteiger partial charge in [0.05, 0.1) is 0 Å². The molecule has 0 saturated carbocycles. The highest BCUT2D eigenvalue weighted by atomic mass is 16.5. The lowest BCUT2D eigenvalue weighted by atomic mass is 10.1. The maximum Gasteiger partial charge on any atom is 0.253 e. The van der Waals surface area contributed by atoms with Gasteiger partial charge in [-0.15, -0.1) is 0 Å². The largest absolute Gasteiger partial charge is 0.367 e. The Kier molecular flexibility index (Phi) is 5.52. The van der Waals surface area contributed by atoms with Crippen LogP contribution >= 0.6 is 0 Å². The molecular formula is C18H21NO2. The van der Waals surface area contributed by atoms with E-state index in [2.05, 4.69) is 17.4 Å². The Morgan fingerprint density at radius 3 is 2.19 bits per heavy atom. The molecule has 0 bridgehead atoms. The van der Waals surface area contributed by atoms with Gasteiger partial charge in [-0.05, 0) is 24.5 Å². The number of methoxy groups -OCH3 is 1. The summed E-state index contributed by atoms with van der Waals surface area (Å²) in [6.07, 6.45) is 0.238. The highest BCUT2D eigenvalue weighted by molar-refractivity contribution is 5.82. The molecule has 1 amide bonds. The summed E-state index contributed by atoms with van der Waals surface area (Å²) in [6, 6.07) is 19.7. The molecule has 2 rings (SSSR count). The quantitative estimate of drug-likeness (QED) is 0.884. The van der Waals surface area contributed by atoms with E-state index in [1.807, 2.05) is 55.5 Å². The van der Waals surface area contributed by atoms with Crippen LogP contribution in [0.15, 0.2) is 60.7 Å². The van der Waals surface area contributed by atoms with Gasteiger partial charge >= 0.3 is 0 Å². The fourth-order valence-electron chi connectivity index (χ4n) is 2.36. The zero-order chi connectivity index (χ0) is 15.1. The molecule has 3 nitrogen and oxygen atoms in total. The number of rotatable bonds is 6. The Balaban J connectivity index is 1.96. The van der Waals surface area contributed by atoms with Crippen molar-refractivity contribution in [2.24, 2.45) is 0 Å². The minimum atomic E-state index is -0.565. The molecule has 0 aromatic heterocycles. The van der Waals surface area contributed by atoms with E-state index in [4.69, 9.17) is 4.74 Å². The van der Waals surface area contributed by atoms with Crippen molar-refractivity contribution in [1.29, 1.82) is 0 Å². The van der Waals surface area contributed by atoms with Crippen molar-refractivity contribution in [1.82, 2.24) is 5.32 Å².